The summed E-state index contributed by atoms with van der Waals surface area (Å²) in [6.45, 7) is 4.81. The van der Waals surface area contributed by atoms with E-state index in [1.54, 1.807) is 23.5 Å². The van der Waals surface area contributed by atoms with E-state index in [1.165, 1.54) is 4.88 Å². The fraction of sp³-hybridized carbons (Fsp3) is 0.389. The molecular weight excluding hydrogens is 377 g/mol. The second-order valence-electron chi connectivity index (χ2n) is 6.05. The van der Waals surface area contributed by atoms with E-state index < -0.39 is 0 Å². The van der Waals surface area contributed by atoms with Crippen molar-refractivity contribution in [3.05, 3.63) is 56.2 Å². The van der Waals surface area contributed by atoms with Crippen LogP contribution in [0.25, 0.3) is 0 Å². The number of nitrogens with zero attached hydrogens (tertiary/aromatic N) is 2. The van der Waals surface area contributed by atoms with E-state index in [9.17, 15) is 4.79 Å². The first kappa shape index (κ1) is 18.5. The van der Waals surface area contributed by atoms with Crippen molar-refractivity contribution in [1.82, 2.24) is 15.1 Å². The molecule has 0 bridgehead atoms. The molecule has 0 aliphatic carbocycles. The zero-order valence-electron chi connectivity index (χ0n) is 13.9. The number of benzene rings is 1. The van der Waals surface area contributed by atoms with Crippen molar-refractivity contribution >= 4 is 40.6 Å². The van der Waals surface area contributed by atoms with Crippen molar-refractivity contribution < 1.29 is 4.79 Å². The van der Waals surface area contributed by atoms with Gasteiger partial charge in [-0.2, -0.15) is 0 Å². The van der Waals surface area contributed by atoms with Crippen LogP contribution in [0.3, 0.4) is 0 Å². The lowest BCUT2D eigenvalue weighted by atomic mass is 10.2. The molecule has 1 aliphatic rings. The van der Waals surface area contributed by atoms with Gasteiger partial charge >= 0.3 is 6.03 Å². The molecule has 0 spiro atoms. The summed E-state index contributed by atoms with van der Waals surface area (Å²) in [6.07, 6.45) is 1.08. The van der Waals surface area contributed by atoms with Gasteiger partial charge in [-0.1, -0.05) is 35.3 Å². The van der Waals surface area contributed by atoms with Crippen molar-refractivity contribution in [2.24, 2.45) is 0 Å². The van der Waals surface area contributed by atoms with E-state index in [0.717, 1.165) is 44.7 Å². The first-order valence-corrected chi connectivity index (χ1v) is 9.97. The highest BCUT2D eigenvalue weighted by molar-refractivity contribution is 7.09. The van der Waals surface area contributed by atoms with Crippen LogP contribution in [0.2, 0.25) is 10.0 Å². The van der Waals surface area contributed by atoms with Gasteiger partial charge in [-0.05, 0) is 35.6 Å². The molecule has 7 heteroatoms. The number of rotatable bonds is 5. The van der Waals surface area contributed by atoms with Crippen LogP contribution in [0.15, 0.2) is 35.7 Å². The van der Waals surface area contributed by atoms with Gasteiger partial charge in [0.15, 0.2) is 0 Å². The van der Waals surface area contributed by atoms with Crippen molar-refractivity contribution in [2.45, 2.75) is 13.0 Å². The smallest absolute Gasteiger partial charge is 0.317 e. The number of carbonyl (C=O) groups is 1. The Morgan fingerprint density at radius 2 is 1.96 bits per heavy atom. The highest BCUT2D eigenvalue weighted by Crippen LogP contribution is 2.20. The summed E-state index contributed by atoms with van der Waals surface area (Å²) < 4.78 is 0. The fourth-order valence-electron chi connectivity index (χ4n) is 2.85. The lowest BCUT2D eigenvalue weighted by Gasteiger charge is -2.34. The number of piperazine rings is 1. The third kappa shape index (κ3) is 5.35. The Bertz CT molecular complexity index is 700. The number of thiophene rings is 1. The van der Waals surface area contributed by atoms with Gasteiger partial charge in [0.2, 0.25) is 0 Å². The number of nitrogens with one attached hydrogen (secondary N) is 1. The predicted molar refractivity (Wildman–Crippen MR) is 105 cm³/mol. The zero-order valence-corrected chi connectivity index (χ0v) is 16.2. The number of urea groups is 1. The number of hydrogen-bond acceptors (Lipinski definition) is 3. The van der Waals surface area contributed by atoms with Gasteiger partial charge in [-0.25, -0.2) is 4.79 Å². The minimum absolute atomic E-state index is 0.0380. The molecule has 3 rings (SSSR count). The van der Waals surface area contributed by atoms with E-state index in [-0.39, 0.29) is 6.03 Å². The summed E-state index contributed by atoms with van der Waals surface area (Å²) >= 11 is 13.8. The molecule has 134 valence electrons. The van der Waals surface area contributed by atoms with Gasteiger partial charge in [0.25, 0.3) is 0 Å². The van der Waals surface area contributed by atoms with Gasteiger partial charge in [0.1, 0.15) is 0 Å². The summed E-state index contributed by atoms with van der Waals surface area (Å²) in [5.74, 6) is 0. The number of amides is 2. The van der Waals surface area contributed by atoms with E-state index in [4.69, 9.17) is 23.2 Å². The maximum Gasteiger partial charge on any atom is 0.317 e. The van der Waals surface area contributed by atoms with Gasteiger partial charge in [0.05, 0.1) is 0 Å². The molecule has 1 aromatic carbocycles. The Kier molecular flexibility index (Phi) is 6.59. The van der Waals surface area contributed by atoms with Crippen LogP contribution < -0.4 is 5.32 Å². The average Bonchev–Trinajstić information content (AvgIpc) is 3.13. The molecule has 0 atom stereocenters. The Hall–Kier alpha value is -1.27. The molecule has 4 nitrogen and oxygen atoms in total. The molecule has 2 aromatic rings. The van der Waals surface area contributed by atoms with Crippen molar-refractivity contribution in [2.75, 3.05) is 32.7 Å². The van der Waals surface area contributed by atoms with Crippen LogP contribution in [0, 0.1) is 0 Å². The fourth-order valence-corrected chi connectivity index (χ4v) is 4.02. The van der Waals surface area contributed by atoms with E-state index in [2.05, 4.69) is 27.7 Å². The summed E-state index contributed by atoms with van der Waals surface area (Å²) in [4.78, 5) is 18.0. The molecular formula is C18H21Cl2N3OS. The Morgan fingerprint density at radius 1 is 1.16 bits per heavy atom. The summed E-state index contributed by atoms with van der Waals surface area (Å²) in [5, 5.41) is 6.23. The second kappa shape index (κ2) is 8.90. The van der Waals surface area contributed by atoms with Crippen LogP contribution >= 0.6 is 34.5 Å². The summed E-state index contributed by atoms with van der Waals surface area (Å²) in [7, 11) is 0. The van der Waals surface area contributed by atoms with Crippen molar-refractivity contribution in [3.63, 3.8) is 0 Å². The molecule has 2 amide bonds. The van der Waals surface area contributed by atoms with E-state index >= 15 is 0 Å². The SMILES string of the molecule is O=C(NCc1ccc(Cl)cc1Cl)N1CCN(CCc2cccs2)CC1. The zero-order chi connectivity index (χ0) is 17.6. The molecule has 0 radical (unpaired) electrons. The molecule has 1 fully saturated rings. The maximum absolute atomic E-state index is 12.3. The molecule has 2 heterocycles. The minimum atomic E-state index is -0.0380. The minimum Gasteiger partial charge on any atom is -0.334 e. The van der Waals surface area contributed by atoms with Crippen LogP contribution in [-0.2, 0) is 13.0 Å². The normalized spacial score (nSPS) is 15.4. The van der Waals surface area contributed by atoms with Gasteiger partial charge < -0.3 is 10.2 Å². The third-order valence-corrected chi connectivity index (χ3v) is 5.88. The second-order valence-corrected chi connectivity index (χ2v) is 7.93. The molecule has 1 aliphatic heterocycles. The lowest BCUT2D eigenvalue weighted by molar-refractivity contribution is 0.140. The van der Waals surface area contributed by atoms with Gasteiger partial charge in [-0.15, -0.1) is 11.3 Å². The topological polar surface area (TPSA) is 35.6 Å². The molecule has 1 N–H and O–H groups in total. The van der Waals surface area contributed by atoms with Crippen molar-refractivity contribution in [3.8, 4) is 0 Å². The quantitative estimate of drug-likeness (QED) is 0.822. The predicted octanol–water partition coefficient (Wildman–Crippen LogP) is 4.12. The summed E-state index contributed by atoms with van der Waals surface area (Å²) in [6, 6.07) is 9.54. The third-order valence-electron chi connectivity index (χ3n) is 4.36. The Morgan fingerprint density at radius 3 is 2.64 bits per heavy atom. The molecule has 25 heavy (non-hydrogen) atoms. The maximum atomic E-state index is 12.3. The number of carbonyl (C=O) groups excluding carboxylic acids is 1. The van der Waals surface area contributed by atoms with Crippen LogP contribution in [0.4, 0.5) is 4.79 Å². The first-order valence-electron chi connectivity index (χ1n) is 8.33. The number of hydrogen-bond donors (Lipinski definition) is 1. The standard InChI is InChI=1S/C18H21Cl2N3OS/c19-15-4-3-14(17(20)12-15)13-21-18(24)23-9-7-22(8-10-23)6-5-16-2-1-11-25-16/h1-4,11-12H,5-10,13H2,(H,21,24). The van der Waals surface area contributed by atoms with Gasteiger partial charge in [0, 0.05) is 54.2 Å². The van der Waals surface area contributed by atoms with Crippen LogP contribution in [-0.4, -0.2) is 48.6 Å². The van der Waals surface area contributed by atoms with E-state index in [1.807, 2.05) is 11.0 Å². The molecule has 0 saturated carbocycles. The number of halogens is 2. The molecule has 0 unspecified atom stereocenters. The highest BCUT2D eigenvalue weighted by Gasteiger charge is 2.20. The lowest BCUT2D eigenvalue weighted by Crippen LogP contribution is -2.51. The van der Waals surface area contributed by atoms with Crippen molar-refractivity contribution in [1.29, 1.82) is 0 Å². The Labute approximate surface area is 162 Å². The van der Waals surface area contributed by atoms with E-state index in [0.29, 0.717) is 16.6 Å². The van der Waals surface area contributed by atoms with Crippen LogP contribution in [0.1, 0.15) is 10.4 Å². The summed E-state index contributed by atoms with van der Waals surface area (Å²) in [5.41, 5.74) is 0.869. The highest BCUT2D eigenvalue weighted by atomic mass is 35.5. The first-order chi connectivity index (χ1) is 12.1. The Balaban J connectivity index is 1.40. The monoisotopic (exact) mass is 397 g/mol. The molecule has 1 saturated heterocycles. The van der Waals surface area contributed by atoms with Gasteiger partial charge in [-0.3, -0.25) is 4.90 Å². The molecule has 1 aromatic heterocycles. The van der Waals surface area contributed by atoms with Crippen LogP contribution in [0.5, 0.6) is 0 Å². The largest absolute Gasteiger partial charge is 0.334 e. The average molecular weight is 398 g/mol.